The van der Waals surface area contributed by atoms with Gasteiger partial charge in [0, 0.05) is 5.41 Å². The van der Waals surface area contributed by atoms with E-state index in [1.165, 1.54) is 5.41 Å². The van der Waals surface area contributed by atoms with Gasteiger partial charge in [-0.1, -0.05) is 12.1 Å². The molecule has 2 rings (SSSR count). The monoisotopic (exact) mass is 223 g/mol. The second-order valence-electron chi connectivity index (χ2n) is 3.72. The highest BCUT2D eigenvalue weighted by Crippen LogP contribution is 2.33. The summed E-state index contributed by atoms with van der Waals surface area (Å²) in [7, 11) is -3.18. The summed E-state index contributed by atoms with van der Waals surface area (Å²) in [6.07, 6.45) is 0.778. The van der Waals surface area contributed by atoms with E-state index in [1.807, 2.05) is 19.1 Å². The minimum absolute atomic E-state index is 0.417. The highest BCUT2D eigenvalue weighted by molar-refractivity contribution is 7.95. The summed E-state index contributed by atoms with van der Waals surface area (Å²) in [6, 6.07) is 5.41. The summed E-state index contributed by atoms with van der Waals surface area (Å²) in [5, 5.41) is 1.32. The number of rotatable bonds is 2. The number of fused-ring (bicyclic) bond motifs is 1. The van der Waals surface area contributed by atoms with Crippen LogP contribution < -0.4 is 5.73 Å². The zero-order valence-corrected chi connectivity index (χ0v) is 9.34. The third-order valence-electron chi connectivity index (χ3n) is 2.54. The standard InChI is InChI=1S/C11H13NO2S/c1-8-7-15(13,14)11-3-2-9(4-5-12)6-10(8)11/h2-3,6-7H,4-5,12H2,1H3. The van der Waals surface area contributed by atoms with Gasteiger partial charge >= 0.3 is 0 Å². The highest BCUT2D eigenvalue weighted by Gasteiger charge is 2.24. The van der Waals surface area contributed by atoms with E-state index in [0.717, 1.165) is 23.1 Å². The SMILES string of the molecule is CC1=CS(=O)(=O)c2ccc(CCN)cc21. The van der Waals surface area contributed by atoms with Gasteiger partial charge in [0.15, 0.2) is 0 Å². The fourth-order valence-electron chi connectivity index (χ4n) is 1.82. The molecule has 1 aliphatic rings. The first-order valence-corrected chi connectivity index (χ1v) is 6.36. The molecule has 0 unspecified atom stereocenters. The van der Waals surface area contributed by atoms with Crippen molar-refractivity contribution in [2.24, 2.45) is 5.73 Å². The summed E-state index contributed by atoms with van der Waals surface area (Å²) < 4.78 is 23.3. The van der Waals surface area contributed by atoms with E-state index in [0.29, 0.717) is 11.4 Å². The van der Waals surface area contributed by atoms with Crippen LogP contribution in [0.15, 0.2) is 28.5 Å². The lowest BCUT2D eigenvalue weighted by atomic mass is 10.0. The highest BCUT2D eigenvalue weighted by atomic mass is 32.2. The maximum atomic E-state index is 11.6. The first-order chi connectivity index (χ1) is 7.04. The Labute approximate surface area is 89.5 Å². The Hall–Kier alpha value is -1.13. The molecule has 4 heteroatoms. The van der Waals surface area contributed by atoms with Crippen molar-refractivity contribution in [2.45, 2.75) is 18.2 Å². The number of allylic oxidation sites excluding steroid dienone is 1. The van der Waals surface area contributed by atoms with Gasteiger partial charge < -0.3 is 5.73 Å². The van der Waals surface area contributed by atoms with Crippen LogP contribution in [-0.4, -0.2) is 15.0 Å². The molecule has 0 saturated heterocycles. The van der Waals surface area contributed by atoms with Crippen molar-refractivity contribution in [3.8, 4) is 0 Å². The normalized spacial score (nSPS) is 17.3. The van der Waals surface area contributed by atoms with Crippen molar-refractivity contribution in [3.05, 3.63) is 34.7 Å². The predicted molar refractivity (Wildman–Crippen MR) is 60.0 cm³/mol. The van der Waals surface area contributed by atoms with Crippen LogP contribution in [-0.2, 0) is 16.3 Å². The molecule has 1 aromatic carbocycles. The van der Waals surface area contributed by atoms with Crippen molar-refractivity contribution in [2.75, 3.05) is 6.54 Å². The third kappa shape index (κ3) is 1.70. The first kappa shape index (κ1) is 10.4. The van der Waals surface area contributed by atoms with Crippen molar-refractivity contribution in [1.29, 1.82) is 0 Å². The summed E-state index contributed by atoms with van der Waals surface area (Å²) in [5.74, 6) is 0. The largest absolute Gasteiger partial charge is 0.330 e. The fraction of sp³-hybridized carbons (Fsp3) is 0.273. The molecule has 1 aliphatic heterocycles. The lowest BCUT2D eigenvalue weighted by Crippen LogP contribution is -2.03. The predicted octanol–water partition coefficient (Wildman–Crippen LogP) is 1.34. The molecule has 0 amide bonds. The molecule has 0 bridgehead atoms. The van der Waals surface area contributed by atoms with Gasteiger partial charge in [0.25, 0.3) is 0 Å². The molecule has 0 saturated carbocycles. The Kier molecular flexibility index (Phi) is 2.40. The Balaban J connectivity index is 2.57. The average Bonchev–Trinajstić information content (AvgIpc) is 2.38. The van der Waals surface area contributed by atoms with E-state index < -0.39 is 9.84 Å². The molecule has 0 spiro atoms. The molecule has 0 aliphatic carbocycles. The first-order valence-electron chi connectivity index (χ1n) is 4.81. The van der Waals surface area contributed by atoms with Crippen molar-refractivity contribution in [3.63, 3.8) is 0 Å². The van der Waals surface area contributed by atoms with Crippen molar-refractivity contribution >= 4 is 15.4 Å². The van der Waals surface area contributed by atoms with Gasteiger partial charge in [0.2, 0.25) is 9.84 Å². The lowest BCUT2D eigenvalue weighted by molar-refractivity contribution is 0.605. The Morgan fingerprint density at radius 2 is 2.07 bits per heavy atom. The molecule has 1 aromatic rings. The van der Waals surface area contributed by atoms with Crippen LogP contribution in [0.1, 0.15) is 18.1 Å². The Bertz CT molecular complexity index is 530. The average molecular weight is 223 g/mol. The van der Waals surface area contributed by atoms with Crippen molar-refractivity contribution < 1.29 is 8.42 Å². The van der Waals surface area contributed by atoms with Gasteiger partial charge in [-0.05, 0) is 42.7 Å². The van der Waals surface area contributed by atoms with Crippen LogP contribution in [0.4, 0.5) is 0 Å². The smallest absolute Gasteiger partial charge is 0.200 e. The lowest BCUT2D eigenvalue weighted by Gasteiger charge is -2.04. The molecule has 1 heterocycles. The number of nitrogens with two attached hydrogens (primary N) is 1. The summed E-state index contributed by atoms with van der Waals surface area (Å²) in [5.41, 5.74) is 8.17. The van der Waals surface area contributed by atoms with Gasteiger partial charge in [-0.2, -0.15) is 0 Å². The summed E-state index contributed by atoms with van der Waals surface area (Å²) in [4.78, 5) is 0.417. The van der Waals surface area contributed by atoms with E-state index >= 15 is 0 Å². The minimum Gasteiger partial charge on any atom is -0.330 e. The number of hydrogen-bond donors (Lipinski definition) is 1. The van der Waals surface area contributed by atoms with Gasteiger partial charge in [-0.25, -0.2) is 8.42 Å². The summed E-state index contributed by atoms with van der Waals surface area (Å²) >= 11 is 0. The van der Waals surface area contributed by atoms with E-state index in [-0.39, 0.29) is 0 Å². The molecule has 2 N–H and O–H groups in total. The van der Waals surface area contributed by atoms with Crippen LogP contribution in [0.25, 0.3) is 5.57 Å². The molecule has 0 fully saturated rings. The number of benzene rings is 1. The Morgan fingerprint density at radius 1 is 1.33 bits per heavy atom. The molecule has 0 radical (unpaired) electrons. The quantitative estimate of drug-likeness (QED) is 0.823. The van der Waals surface area contributed by atoms with Crippen LogP contribution in [0.3, 0.4) is 0 Å². The van der Waals surface area contributed by atoms with E-state index in [4.69, 9.17) is 5.73 Å². The molecule has 80 valence electrons. The Morgan fingerprint density at radius 3 is 2.73 bits per heavy atom. The minimum atomic E-state index is -3.18. The summed E-state index contributed by atoms with van der Waals surface area (Å²) in [6.45, 7) is 2.39. The van der Waals surface area contributed by atoms with Gasteiger partial charge in [-0.15, -0.1) is 0 Å². The fourth-order valence-corrected chi connectivity index (χ4v) is 3.32. The second kappa shape index (κ2) is 3.47. The number of hydrogen-bond acceptors (Lipinski definition) is 3. The third-order valence-corrected chi connectivity index (χ3v) is 4.17. The molecular weight excluding hydrogens is 210 g/mol. The maximum absolute atomic E-state index is 11.6. The van der Waals surface area contributed by atoms with E-state index in [2.05, 4.69) is 0 Å². The van der Waals surface area contributed by atoms with Crippen LogP contribution >= 0.6 is 0 Å². The van der Waals surface area contributed by atoms with Crippen LogP contribution in [0, 0.1) is 0 Å². The van der Waals surface area contributed by atoms with Crippen LogP contribution in [0.5, 0.6) is 0 Å². The van der Waals surface area contributed by atoms with Crippen molar-refractivity contribution in [1.82, 2.24) is 0 Å². The van der Waals surface area contributed by atoms with Gasteiger partial charge in [0.05, 0.1) is 4.90 Å². The molecule has 0 aromatic heterocycles. The molecule has 3 nitrogen and oxygen atoms in total. The van der Waals surface area contributed by atoms with Crippen LogP contribution in [0.2, 0.25) is 0 Å². The molecule has 15 heavy (non-hydrogen) atoms. The molecular formula is C11H13NO2S. The van der Waals surface area contributed by atoms with E-state index in [1.54, 1.807) is 6.07 Å². The maximum Gasteiger partial charge on any atom is 0.200 e. The zero-order valence-electron chi connectivity index (χ0n) is 8.53. The molecule has 0 atom stereocenters. The number of sulfone groups is 1. The van der Waals surface area contributed by atoms with E-state index in [9.17, 15) is 8.42 Å². The van der Waals surface area contributed by atoms with Gasteiger partial charge in [0.1, 0.15) is 0 Å². The topological polar surface area (TPSA) is 60.2 Å². The van der Waals surface area contributed by atoms with Gasteiger partial charge in [-0.3, -0.25) is 0 Å². The second-order valence-corrected chi connectivity index (χ2v) is 5.48. The zero-order chi connectivity index (χ0) is 11.1.